The number of aryl methyl sites for hydroxylation is 1. The molecule has 0 aliphatic carbocycles. The largest absolute Gasteiger partial charge is 0.482 e. The highest BCUT2D eigenvalue weighted by Crippen LogP contribution is 2.24. The summed E-state index contributed by atoms with van der Waals surface area (Å²) in [7, 11) is 0. The Morgan fingerprint density at radius 2 is 1.72 bits per heavy atom. The zero-order chi connectivity index (χ0) is 21.6. The molecule has 0 atom stereocenters. The van der Waals surface area contributed by atoms with Crippen LogP contribution in [0, 0.1) is 17.0 Å². The lowest BCUT2D eigenvalue weighted by molar-refractivity contribution is -0.384. The highest BCUT2D eigenvalue weighted by atomic mass is 16.6. The number of nitrogens with one attached hydrogen (secondary N) is 1. The van der Waals surface area contributed by atoms with Crippen LogP contribution >= 0.6 is 0 Å². The molecule has 0 aliphatic rings. The van der Waals surface area contributed by atoms with E-state index in [4.69, 9.17) is 9.47 Å². The molecule has 1 amide bonds. The molecule has 1 N–H and O–H groups in total. The number of nitro groups is 1. The number of nitrogens with zero attached hydrogens (tertiary/aromatic N) is 1. The predicted octanol–water partition coefficient (Wildman–Crippen LogP) is 3.76. The van der Waals surface area contributed by atoms with E-state index < -0.39 is 23.4 Å². The second-order valence-electron chi connectivity index (χ2n) is 7.53. The molecule has 29 heavy (non-hydrogen) atoms. The molecule has 2 rings (SSSR count). The highest BCUT2D eigenvalue weighted by Gasteiger charge is 2.14. The maximum atomic E-state index is 11.9. The van der Waals surface area contributed by atoms with E-state index in [1.807, 2.05) is 12.1 Å². The SMILES string of the molecule is Cc1cc([N+](=O)[O-])ccc1NC(=O)COC(=O)COc1ccc(C(C)(C)C)cc1. The lowest BCUT2D eigenvalue weighted by Crippen LogP contribution is -2.24. The molecule has 2 aromatic rings. The minimum atomic E-state index is -0.680. The number of carbonyl (C=O) groups excluding carboxylic acids is 2. The van der Waals surface area contributed by atoms with E-state index in [2.05, 4.69) is 26.1 Å². The Bertz CT molecular complexity index is 900. The van der Waals surface area contributed by atoms with E-state index in [1.54, 1.807) is 19.1 Å². The van der Waals surface area contributed by atoms with Crippen molar-refractivity contribution in [1.82, 2.24) is 0 Å². The smallest absolute Gasteiger partial charge is 0.344 e. The van der Waals surface area contributed by atoms with Crippen molar-refractivity contribution in [3.63, 3.8) is 0 Å². The van der Waals surface area contributed by atoms with E-state index in [-0.39, 0.29) is 17.7 Å². The Morgan fingerprint density at radius 1 is 1.07 bits per heavy atom. The minimum Gasteiger partial charge on any atom is -0.482 e. The number of non-ortho nitro benzene ring substituents is 1. The first-order valence-corrected chi connectivity index (χ1v) is 9.00. The molecule has 0 heterocycles. The van der Waals surface area contributed by atoms with Crippen molar-refractivity contribution in [3.8, 4) is 5.75 Å². The van der Waals surface area contributed by atoms with Gasteiger partial charge in [-0.2, -0.15) is 0 Å². The number of ether oxygens (including phenoxy) is 2. The lowest BCUT2D eigenvalue weighted by atomic mass is 9.87. The second-order valence-corrected chi connectivity index (χ2v) is 7.53. The van der Waals surface area contributed by atoms with Crippen LogP contribution in [-0.2, 0) is 19.7 Å². The summed E-state index contributed by atoms with van der Waals surface area (Å²) in [5, 5.41) is 13.3. The Labute approximate surface area is 169 Å². The quantitative estimate of drug-likeness (QED) is 0.431. The first-order valence-electron chi connectivity index (χ1n) is 9.00. The van der Waals surface area contributed by atoms with Gasteiger partial charge in [0.1, 0.15) is 5.75 Å². The number of benzene rings is 2. The lowest BCUT2D eigenvalue weighted by Gasteiger charge is -2.19. The number of anilines is 1. The van der Waals surface area contributed by atoms with E-state index in [0.717, 1.165) is 5.56 Å². The molecule has 0 radical (unpaired) electrons. The number of hydrogen-bond acceptors (Lipinski definition) is 6. The van der Waals surface area contributed by atoms with Gasteiger partial charge in [-0.3, -0.25) is 14.9 Å². The van der Waals surface area contributed by atoms with E-state index in [9.17, 15) is 19.7 Å². The van der Waals surface area contributed by atoms with E-state index >= 15 is 0 Å². The molecule has 0 aromatic heterocycles. The minimum absolute atomic E-state index is 0.0207. The second kappa shape index (κ2) is 9.18. The van der Waals surface area contributed by atoms with Crippen molar-refractivity contribution in [3.05, 3.63) is 63.7 Å². The number of nitro benzene ring substituents is 1. The number of esters is 1. The summed E-state index contributed by atoms with van der Waals surface area (Å²) in [6.07, 6.45) is 0. The maximum absolute atomic E-state index is 11.9. The standard InChI is InChI=1S/C21H24N2O6/c1-14-11-16(23(26)27)7-10-18(14)22-19(24)12-29-20(25)13-28-17-8-5-15(6-9-17)21(2,3)4/h5-11H,12-13H2,1-4H3,(H,22,24). The molecular weight excluding hydrogens is 376 g/mol. The fraction of sp³-hybridized carbons (Fsp3) is 0.333. The first kappa shape index (κ1) is 21.9. The van der Waals surface area contributed by atoms with Gasteiger partial charge in [0.15, 0.2) is 13.2 Å². The predicted molar refractivity (Wildman–Crippen MR) is 108 cm³/mol. The number of hydrogen-bond donors (Lipinski definition) is 1. The average molecular weight is 400 g/mol. The van der Waals surface area contributed by atoms with Crippen LogP contribution in [0.3, 0.4) is 0 Å². The zero-order valence-corrected chi connectivity index (χ0v) is 16.9. The van der Waals surface area contributed by atoms with Gasteiger partial charge in [-0.25, -0.2) is 4.79 Å². The van der Waals surface area contributed by atoms with Crippen LogP contribution in [0.15, 0.2) is 42.5 Å². The normalized spacial score (nSPS) is 10.9. The summed E-state index contributed by atoms with van der Waals surface area (Å²) >= 11 is 0. The summed E-state index contributed by atoms with van der Waals surface area (Å²) in [5.74, 6) is -0.703. The van der Waals surface area contributed by atoms with Crippen LogP contribution in [0.1, 0.15) is 31.9 Å². The number of rotatable bonds is 7. The number of carbonyl (C=O) groups is 2. The van der Waals surface area contributed by atoms with Crippen molar-refractivity contribution in [1.29, 1.82) is 0 Å². The van der Waals surface area contributed by atoms with Crippen molar-refractivity contribution >= 4 is 23.3 Å². The fourth-order valence-corrected chi connectivity index (χ4v) is 2.47. The van der Waals surface area contributed by atoms with E-state index in [0.29, 0.717) is 17.0 Å². The molecule has 2 aromatic carbocycles. The molecule has 0 fully saturated rings. The van der Waals surface area contributed by atoms with Crippen LogP contribution < -0.4 is 10.1 Å². The Morgan fingerprint density at radius 3 is 2.28 bits per heavy atom. The molecule has 0 bridgehead atoms. The molecule has 154 valence electrons. The molecule has 0 unspecified atom stereocenters. The van der Waals surface area contributed by atoms with Gasteiger partial charge in [0.25, 0.3) is 11.6 Å². The van der Waals surface area contributed by atoms with Crippen LogP contribution in [0.4, 0.5) is 11.4 Å². The molecule has 8 heteroatoms. The first-order chi connectivity index (χ1) is 13.6. The Hall–Kier alpha value is -3.42. The molecule has 0 saturated carbocycles. The van der Waals surface area contributed by atoms with Gasteiger partial charge in [-0.1, -0.05) is 32.9 Å². The Kier molecular flexibility index (Phi) is 6.93. The van der Waals surface area contributed by atoms with Crippen molar-refractivity contribution in [2.45, 2.75) is 33.1 Å². The van der Waals surface area contributed by atoms with Crippen molar-refractivity contribution in [2.24, 2.45) is 0 Å². The Balaban J connectivity index is 1.79. The molecule has 8 nitrogen and oxygen atoms in total. The highest BCUT2D eigenvalue weighted by molar-refractivity contribution is 5.93. The fourth-order valence-electron chi connectivity index (χ4n) is 2.47. The molecule has 0 aliphatic heterocycles. The van der Waals surface area contributed by atoms with Gasteiger partial charge < -0.3 is 14.8 Å². The zero-order valence-electron chi connectivity index (χ0n) is 16.9. The number of amides is 1. The summed E-state index contributed by atoms with van der Waals surface area (Å²) < 4.78 is 10.3. The summed E-state index contributed by atoms with van der Waals surface area (Å²) in [4.78, 5) is 33.9. The van der Waals surface area contributed by atoms with Gasteiger partial charge in [-0.15, -0.1) is 0 Å². The molecule has 0 spiro atoms. The molecular formula is C21H24N2O6. The van der Waals surface area contributed by atoms with E-state index in [1.165, 1.54) is 18.2 Å². The van der Waals surface area contributed by atoms with Gasteiger partial charge in [-0.05, 0) is 41.7 Å². The van der Waals surface area contributed by atoms with Gasteiger partial charge in [0.2, 0.25) is 0 Å². The summed E-state index contributed by atoms with van der Waals surface area (Å²) in [5.41, 5.74) is 2.03. The maximum Gasteiger partial charge on any atom is 0.344 e. The average Bonchev–Trinajstić information content (AvgIpc) is 2.65. The van der Waals surface area contributed by atoms with Crippen molar-refractivity contribution < 1.29 is 24.0 Å². The van der Waals surface area contributed by atoms with Crippen LogP contribution in [0.2, 0.25) is 0 Å². The third kappa shape index (κ3) is 6.60. The summed E-state index contributed by atoms with van der Waals surface area (Å²) in [6, 6.07) is 11.5. The topological polar surface area (TPSA) is 108 Å². The van der Waals surface area contributed by atoms with Crippen LogP contribution in [-0.4, -0.2) is 30.0 Å². The van der Waals surface area contributed by atoms with Crippen LogP contribution in [0.5, 0.6) is 5.75 Å². The van der Waals surface area contributed by atoms with Crippen LogP contribution in [0.25, 0.3) is 0 Å². The van der Waals surface area contributed by atoms with Gasteiger partial charge >= 0.3 is 5.97 Å². The monoisotopic (exact) mass is 400 g/mol. The van der Waals surface area contributed by atoms with Gasteiger partial charge in [0.05, 0.1) is 4.92 Å². The summed E-state index contributed by atoms with van der Waals surface area (Å²) in [6.45, 7) is 7.13. The van der Waals surface area contributed by atoms with Gasteiger partial charge in [0, 0.05) is 17.8 Å². The van der Waals surface area contributed by atoms with Crippen molar-refractivity contribution in [2.75, 3.05) is 18.5 Å². The molecule has 0 saturated heterocycles. The third-order valence-corrected chi connectivity index (χ3v) is 4.14. The third-order valence-electron chi connectivity index (χ3n) is 4.14.